The van der Waals surface area contributed by atoms with Crippen LogP contribution in [0.1, 0.15) is 31.2 Å². The summed E-state index contributed by atoms with van der Waals surface area (Å²) in [6, 6.07) is 4.65. The number of hydrogen-bond acceptors (Lipinski definition) is 1. The van der Waals surface area contributed by atoms with Gasteiger partial charge < -0.3 is 5.73 Å². The predicted molar refractivity (Wildman–Crippen MR) is 69.6 cm³/mol. The molecule has 0 aromatic heterocycles. The highest BCUT2D eigenvalue weighted by Crippen LogP contribution is 2.24. The summed E-state index contributed by atoms with van der Waals surface area (Å²) < 4.78 is 13.2. The Labute approximate surface area is 106 Å². The minimum Gasteiger partial charge on any atom is -0.324 e. The molecule has 1 aliphatic rings. The number of halogens is 2. The number of nitrogens with two attached hydrogens (primary N) is 1. The van der Waals surface area contributed by atoms with Gasteiger partial charge in [-0.1, -0.05) is 29.7 Å². The van der Waals surface area contributed by atoms with Gasteiger partial charge in [-0.05, 0) is 49.4 Å². The van der Waals surface area contributed by atoms with Crippen molar-refractivity contribution >= 4 is 11.6 Å². The molecule has 0 saturated heterocycles. The molecule has 1 atom stereocenters. The molecule has 0 radical (unpaired) electrons. The Morgan fingerprint density at radius 2 is 2.18 bits per heavy atom. The average Bonchev–Trinajstić information content (AvgIpc) is 2.48. The van der Waals surface area contributed by atoms with E-state index in [9.17, 15) is 4.39 Å². The molecule has 2 N–H and O–H groups in total. The second-order valence-electron chi connectivity index (χ2n) is 4.65. The summed E-state index contributed by atoms with van der Waals surface area (Å²) in [5.74, 6) is -0.233. The van der Waals surface area contributed by atoms with Crippen molar-refractivity contribution < 1.29 is 4.39 Å². The SMILES string of the molecule is NC1C=C(Cc2cc(F)ccc2Cl)CCCC1. The molecule has 0 fully saturated rings. The van der Waals surface area contributed by atoms with Gasteiger partial charge >= 0.3 is 0 Å². The van der Waals surface area contributed by atoms with E-state index >= 15 is 0 Å². The predicted octanol–water partition coefficient (Wildman–Crippen LogP) is 3.85. The van der Waals surface area contributed by atoms with Crippen molar-refractivity contribution in [3.63, 3.8) is 0 Å². The molecule has 3 heteroatoms. The number of rotatable bonds is 2. The van der Waals surface area contributed by atoms with Crippen LogP contribution in [-0.4, -0.2) is 6.04 Å². The lowest BCUT2D eigenvalue weighted by molar-refractivity contribution is 0.625. The second kappa shape index (κ2) is 5.65. The van der Waals surface area contributed by atoms with E-state index in [4.69, 9.17) is 17.3 Å². The van der Waals surface area contributed by atoms with Gasteiger partial charge in [-0.25, -0.2) is 4.39 Å². The Morgan fingerprint density at radius 3 is 3.00 bits per heavy atom. The molecular formula is C14H17ClFN. The zero-order chi connectivity index (χ0) is 12.3. The van der Waals surface area contributed by atoms with Crippen LogP contribution in [0.15, 0.2) is 29.8 Å². The van der Waals surface area contributed by atoms with E-state index in [0.29, 0.717) is 11.4 Å². The molecule has 0 amide bonds. The Balaban J connectivity index is 2.16. The van der Waals surface area contributed by atoms with Crippen molar-refractivity contribution in [3.05, 3.63) is 46.3 Å². The maximum Gasteiger partial charge on any atom is 0.123 e. The van der Waals surface area contributed by atoms with Gasteiger partial charge in [-0.2, -0.15) is 0 Å². The van der Waals surface area contributed by atoms with E-state index in [1.54, 1.807) is 6.07 Å². The van der Waals surface area contributed by atoms with Crippen molar-refractivity contribution in [2.24, 2.45) is 5.73 Å². The summed E-state index contributed by atoms with van der Waals surface area (Å²) in [5, 5.41) is 0.630. The van der Waals surface area contributed by atoms with Crippen LogP contribution in [-0.2, 0) is 6.42 Å². The van der Waals surface area contributed by atoms with E-state index in [-0.39, 0.29) is 11.9 Å². The van der Waals surface area contributed by atoms with Crippen LogP contribution < -0.4 is 5.73 Å². The molecule has 0 spiro atoms. The van der Waals surface area contributed by atoms with Crippen molar-refractivity contribution in [1.29, 1.82) is 0 Å². The summed E-state index contributed by atoms with van der Waals surface area (Å²) in [6.07, 6.45) is 7.24. The van der Waals surface area contributed by atoms with E-state index < -0.39 is 0 Å². The van der Waals surface area contributed by atoms with Crippen LogP contribution in [0.5, 0.6) is 0 Å². The summed E-state index contributed by atoms with van der Waals surface area (Å²) >= 11 is 6.07. The zero-order valence-corrected chi connectivity index (χ0v) is 10.5. The molecular weight excluding hydrogens is 237 g/mol. The Bertz CT molecular complexity index is 428. The second-order valence-corrected chi connectivity index (χ2v) is 5.05. The highest BCUT2D eigenvalue weighted by Gasteiger charge is 2.11. The summed E-state index contributed by atoms with van der Waals surface area (Å²) in [6.45, 7) is 0. The van der Waals surface area contributed by atoms with E-state index in [0.717, 1.165) is 31.2 Å². The lowest BCUT2D eigenvalue weighted by atomic mass is 10.0. The summed E-state index contributed by atoms with van der Waals surface area (Å²) in [5.41, 5.74) is 8.10. The summed E-state index contributed by atoms with van der Waals surface area (Å²) in [4.78, 5) is 0. The zero-order valence-electron chi connectivity index (χ0n) is 9.76. The van der Waals surface area contributed by atoms with Crippen LogP contribution in [0, 0.1) is 5.82 Å². The van der Waals surface area contributed by atoms with Gasteiger partial charge in [0, 0.05) is 11.1 Å². The molecule has 0 saturated carbocycles. The van der Waals surface area contributed by atoms with E-state index in [1.807, 2.05) is 0 Å². The van der Waals surface area contributed by atoms with Crippen LogP contribution in [0.3, 0.4) is 0 Å². The Kier molecular flexibility index (Phi) is 4.19. The fraction of sp³-hybridized carbons (Fsp3) is 0.429. The van der Waals surface area contributed by atoms with E-state index in [2.05, 4.69) is 6.08 Å². The average molecular weight is 254 g/mol. The molecule has 1 nitrogen and oxygen atoms in total. The Hall–Kier alpha value is -0.860. The number of hydrogen-bond donors (Lipinski definition) is 1. The first kappa shape index (κ1) is 12.6. The molecule has 92 valence electrons. The largest absolute Gasteiger partial charge is 0.324 e. The van der Waals surface area contributed by atoms with Gasteiger partial charge in [0.05, 0.1) is 0 Å². The molecule has 1 aromatic rings. The van der Waals surface area contributed by atoms with Gasteiger partial charge in [0.1, 0.15) is 5.82 Å². The van der Waals surface area contributed by atoms with Crippen LogP contribution in [0.4, 0.5) is 4.39 Å². The fourth-order valence-electron chi connectivity index (χ4n) is 2.27. The fourth-order valence-corrected chi connectivity index (χ4v) is 2.46. The first-order chi connectivity index (χ1) is 8.15. The van der Waals surface area contributed by atoms with Crippen LogP contribution in [0.2, 0.25) is 5.02 Å². The standard InChI is InChI=1S/C14H17ClFN/c15-14-6-5-12(16)9-11(14)7-10-3-1-2-4-13(17)8-10/h5-6,8-9,13H,1-4,7,17H2. The third-order valence-electron chi connectivity index (χ3n) is 3.16. The lowest BCUT2D eigenvalue weighted by Gasteiger charge is -2.09. The molecule has 1 aromatic carbocycles. The molecule has 0 aliphatic heterocycles. The maximum absolute atomic E-state index is 13.2. The van der Waals surface area contributed by atoms with Crippen LogP contribution >= 0.6 is 11.6 Å². The van der Waals surface area contributed by atoms with Gasteiger partial charge in [0.25, 0.3) is 0 Å². The lowest BCUT2D eigenvalue weighted by Crippen LogP contribution is -2.16. The minimum absolute atomic E-state index is 0.139. The van der Waals surface area contributed by atoms with Crippen molar-refractivity contribution in [2.45, 2.75) is 38.1 Å². The smallest absolute Gasteiger partial charge is 0.123 e. The van der Waals surface area contributed by atoms with Crippen molar-refractivity contribution in [1.82, 2.24) is 0 Å². The van der Waals surface area contributed by atoms with Crippen LogP contribution in [0.25, 0.3) is 0 Å². The molecule has 1 unspecified atom stereocenters. The Morgan fingerprint density at radius 1 is 1.35 bits per heavy atom. The normalized spacial score (nSPS) is 20.9. The molecule has 17 heavy (non-hydrogen) atoms. The maximum atomic E-state index is 13.2. The monoisotopic (exact) mass is 253 g/mol. The third kappa shape index (κ3) is 3.55. The first-order valence-corrected chi connectivity index (χ1v) is 6.42. The van der Waals surface area contributed by atoms with Crippen molar-refractivity contribution in [2.75, 3.05) is 0 Å². The third-order valence-corrected chi connectivity index (χ3v) is 3.53. The quantitative estimate of drug-likeness (QED) is 0.796. The molecule has 2 rings (SSSR count). The summed E-state index contributed by atoms with van der Waals surface area (Å²) in [7, 11) is 0. The van der Waals surface area contributed by atoms with Gasteiger partial charge in [0.2, 0.25) is 0 Å². The van der Waals surface area contributed by atoms with Gasteiger partial charge in [-0.15, -0.1) is 0 Å². The highest BCUT2D eigenvalue weighted by molar-refractivity contribution is 6.31. The molecule has 0 bridgehead atoms. The van der Waals surface area contributed by atoms with E-state index in [1.165, 1.54) is 17.7 Å². The van der Waals surface area contributed by atoms with Crippen molar-refractivity contribution in [3.8, 4) is 0 Å². The molecule has 0 heterocycles. The number of allylic oxidation sites excluding steroid dienone is 1. The van der Waals surface area contributed by atoms with Gasteiger partial charge in [-0.3, -0.25) is 0 Å². The number of benzene rings is 1. The topological polar surface area (TPSA) is 26.0 Å². The first-order valence-electron chi connectivity index (χ1n) is 6.04. The molecule has 1 aliphatic carbocycles. The van der Waals surface area contributed by atoms with Gasteiger partial charge in [0.15, 0.2) is 0 Å². The highest BCUT2D eigenvalue weighted by atomic mass is 35.5. The minimum atomic E-state index is -0.233.